The number of amides is 1. The molecule has 2 rings (SSSR count). The first-order valence-corrected chi connectivity index (χ1v) is 5.48. The molecule has 92 valence electrons. The SMILES string of the molecule is CC1C[C@@H]2C(CNC(=O)C(F)(F)F)NC[C@H]12. The third-order valence-corrected chi connectivity index (χ3v) is 3.80. The van der Waals surface area contributed by atoms with Gasteiger partial charge in [0.2, 0.25) is 0 Å². The van der Waals surface area contributed by atoms with E-state index >= 15 is 0 Å². The van der Waals surface area contributed by atoms with Crippen molar-refractivity contribution in [2.45, 2.75) is 25.6 Å². The molecule has 0 aromatic rings. The number of hydrogen-bond acceptors (Lipinski definition) is 2. The van der Waals surface area contributed by atoms with Gasteiger partial charge < -0.3 is 10.6 Å². The van der Waals surface area contributed by atoms with Crippen LogP contribution in [0.25, 0.3) is 0 Å². The monoisotopic (exact) mass is 236 g/mol. The normalized spacial score (nSPS) is 37.8. The fraction of sp³-hybridized carbons (Fsp3) is 0.900. The molecule has 1 heterocycles. The second kappa shape index (κ2) is 3.91. The van der Waals surface area contributed by atoms with Crippen molar-refractivity contribution in [3.8, 4) is 0 Å². The first-order chi connectivity index (χ1) is 7.39. The molecule has 2 unspecified atom stereocenters. The lowest BCUT2D eigenvalue weighted by Gasteiger charge is -2.39. The lowest BCUT2D eigenvalue weighted by Crippen LogP contribution is -2.47. The number of fused-ring (bicyclic) bond motifs is 1. The Morgan fingerprint density at radius 1 is 1.44 bits per heavy atom. The number of halogens is 3. The molecule has 1 aliphatic heterocycles. The van der Waals surface area contributed by atoms with Gasteiger partial charge in [0.25, 0.3) is 0 Å². The van der Waals surface area contributed by atoms with Gasteiger partial charge >= 0.3 is 12.1 Å². The van der Waals surface area contributed by atoms with Crippen LogP contribution in [0.5, 0.6) is 0 Å². The molecule has 0 aromatic heterocycles. The van der Waals surface area contributed by atoms with Gasteiger partial charge in [-0.15, -0.1) is 0 Å². The van der Waals surface area contributed by atoms with Gasteiger partial charge in [-0.3, -0.25) is 4.79 Å². The zero-order chi connectivity index (χ0) is 11.9. The van der Waals surface area contributed by atoms with Gasteiger partial charge in [0, 0.05) is 12.6 Å². The van der Waals surface area contributed by atoms with Gasteiger partial charge in [-0.05, 0) is 30.7 Å². The molecule has 1 aliphatic carbocycles. The zero-order valence-electron chi connectivity index (χ0n) is 8.97. The van der Waals surface area contributed by atoms with E-state index in [9.17, 15) is 18.0 Å². The molecule has 0 aromatic carbocycles. The standard InChI is InChI=1S/C10H15F3N2O/c1-5-2-6-7(5)3-14-8(6)4-15-9(16)10(11,12)13/h5-8,14H,2-4H2,1H3,(H,15,16)/t5?,6-,7+,8?/m0/s1. The van der Waals surface area contributed by atoms with Crippen LogP contribution in [0.1, 0.15) is 13.3 Å². The molecule has 16 heavy (non-hydrogen) atoms. The Morgan fingerprint density at radius 3 is 2.62 bits per heavy atom. The second-order valence-electron chi connectivity index (χ2n) is 4.76. The van der Waals surface area contributed by atoms with Crippen LogP contribution in [0.15, 0.2) is 0 Å². The molecule has 0 bridgehead atoms. The molecular formula is C10H15F3N2O. The topological polar surface area (TPSA) is 41.1 Å². The van der Waals surface area contributed by atoms with Crippen LogP contribution in [0, 0.1) is 17.8 Å². The maximum Gasteiger partial charge on any atom is 0.471 e. The largest absolute Gasteiger partial charge is 0.471 e. The number of hydrogen-bond donors (Lipinski definition) is 2. The summed E-state index contributed by atoms with van der Waals surface area (Å²) >= 11 is 0. The maximum atomic E-state index is 11.9. The Kier molecular flexibility index (Phi) is 2.86. The smallest absolute Gasteiger partial charge is 0.347 e. The van der Waals surface area contributed by atoms with Crippen LogP contribution in [0.3, 0.4) is 0 Å². The third-order valence-electron chi connectivity index (χ3n) is 3.80. The highest BCUT2D eigenvalue weighted by molar-refractivity contribution is 5.81. The van der Waals surface area contributed by atoms with Gasteiger partial charge in [-0.25, -0.2) is 0 Å². The van der Waals surface area contributed by atoms with Crippen molar-refractivity contribution in [3.05, 3.63) is 0 Å². The summed E-state index contributed by atoms with van der Waals surface area (Å²) in [6.45, 7) is 3.09. The van der Waals surface area contributed by atoms with Gasteiger partial charge in [-0.2, -0.15) is 13.2 Å². The van der Waals surface area contributed by atoms with Crippen LogP contribution in [0.2, 0.25) is 0 Å². The summed E-state index contributed by atoms with van der Waals surface area (Å²) in [5.41, 5.74) is 0. The number of carbonyl (C=O) groups is 1. The second-order valence-corrected chi connectivity index (χ2v) is 4.76. The Morgan fingerprint density at radius 2 is 2.12 bits per heavy atom. The van der Waals surface area contributed by atoms with Gasteiger partial charge in [0.15, 0.2) is 0 Å². The Bertz CT molecular complexity index is 292. The molecule has 0 radical (unpaired) electrons. The number of alkyl halides is 3. The van der Waals surface area contributed by atoms with Crippen molar-refractivity contribution in [1.82, 2.24) is 10.6 Å². The predicted molar refractivity (Wildman–Crippen MR) is 51.6 cm³/mol. The summed E-state index contributed by atoms with van der Waals surface area (Å²) in [6, 6.07) is 0.00694. The fourth-order valence-corrected chi connectivity index (χ4v) is 2.79. The van der Waals surface area contributed by atoms with Crippen LogP contribution in [0.4, 0.5) is 13.2 Å². The van der Waals surface area contributed by atoms with E-state index < -0.39 is 12.1 Å². The Balaban J connectivity index is 1.78. The molecule has 1 saturated heterocycles. The molecule has 1 amide bonds. The number of nitrogens with one attached hydrogen (secondary N) is 2. The maximum absolute atomic E-state index is 11.9. The lowest BCUT2D eigenvalue weighted by molar-refractivity contribution is -0.173. The third kappa shape index (κ3) is 2.03. The summed E-state index contributed by atoms with van der Waals surface area (Å²) < 4.78 is 35.8. The van der Waals surface area contributed by atoms with Crippen LogP contribution in [-0.4, -0.2) is 31.2 Å². The van der Waals surface area contributed by atoms with Crippen molar-refractivity contribution in [2.75, 3.05) is 13.1 Å². The molecule has 1 saturated carbocycles. The average molecular weight is 236 g/mol. The molecule has 6 heteroatoms. The van der Waals surface area contributed by atoms with E-state index in [1.54, 1.807) is 0 Å². The molecule has 3 nitrogen and oxygen atoms in total. The first kappa shape index (κ1) is 11.7. The number of carbonyl (C=O) groups excluding carboxylic acids is 1. The van der Waals surface area contributed by atoms with Crippen molar-refractivity contribution in [1.29, 1.82) is 0 Å². The fourth-order valence-electron chi connectivity index (χ4n) is 2.79. The van der Waals surface area contributed by atoms with E-state index in [0.29, 0.717) is 17.8 Å². The van der Waals surface area contributed by atoms with Gasteiger partial charge in [0.1, 0.15) is 0 Å². The van der Waals surface area contributed by atoms with E-state index in [4.69, 9.17) is 0 Å². The summed E-state index contributed by atoms with van der Waals surface area (Å²) in [6.07, 6.45) is -3.73. The van der Waals surface area contributed by atoms with Gasteiger partial charge in [-0.1, -0.05) is 6.92 Å². The minimum Gasteiger partial charge on any atom is -0.347 e. The van der Waals surface area contributed by atoms with Crippen LogP contribution >= 0.6 is 0 Å². The summed E-state index contributed by atoms with van der Waals surface area (Å²) in [5.74, 6) is -0.178. The summed E-state index contributed by atoms with van der Waals surface area (Å²) in [7, 11) is 0. The van der Waals surface area contributed by atoms with Crippen LogP contribution < -0.4 is 10.6 Å². The molecule has 2 N–H and O–H groups in total. The predicted octanol–water partition coefficient (Wildman–Crippen LogP) is 0.909. The van der Waals surface area contributed by atoms with Gasteiger partial charge in [0.05, 0.1) is 0 Å². The first-order valence-electron chi connectivity index (χ1n) is 5.48. The minimum absolute atomic E-state index is 0.00694. The van der Waals surface area contributed by atoms with Crippen molar-refractivity contribution < 1.29 is 18.0 Å². The molecule has 4 atom stereocenters. The molecular weight excluding hydrogens is 221 g/mol. The quantitative estimate of drug-likeness (QED) is 0.748. The zero-order valence-corrected chi connectivity index (χ0v) is 8.97. The molecule has 2 fully saturated rings. The summed E-state index contributed by atoms with van der Waals surface area (Å²) in [4.78, 5) is 10.6. The van der Waals surface area contributed by atoms with E-state index in [2.05, 4.69) is 12.2 Å². The Hall–Kier alpha value is -0.780. The van der Waals surface area contributed by atoms with E-state index in [0.717, 1.165) is 13.0 Å². The highest BCUT2D eigenvalue weighted by Gasteiger charge is 2.47. The lowest BCUT2D eigenvalue weighted by atomic mass is 9.65. The van der Waals surface area contributed by atoms with Crippen molar-refractivity contribution in [2.24, 2.45) is 17.8 Å². The highest BCUT2D eigenvalue weighted by Crippen LogP contribution is 2.45. The Labute approximate surface area is 91.8 Å². The molecule has 2 aliphatic rings. The van der Waals surface area contributed by atoms with Crippen LogP contribution in [-0.2, 0) is 4.79 Å². The van der Waals surface area contributed by atoms with E-state index in [1.165, 1.54) is 0 Å². The highest BCUT2D eigenvalue weighted by atomic mass is 19.4. The average Bonchev–Trinajstić information content (AvgIpc) is 2.49. The van der Waals surface area contributed by atoms with E-state index in [1.807, 2.05) is 5.32 Å². The van der Waals surface area contributed by atoms with Crippen molar-refractivity contribution >= 4 is 5.91 Å². The van der Waals surface area contributed by atoms with E-state index in [-0.39, 0.29) is 12.6 Å². The summed E-state index contributed by atoms with van der Waals surface area (Å²) in [5, 5.41) is 5.11. The van der Waals surface area contributed by atoms with Crippen molar-refractivity contribution in [3.63, 3.8) is 0 Å². The number of rotatable bonds is 2. The minimum atomic E-state index is -4.77. The molecule has 0 spiro atoms.